The van der Waals surface area contributed by atoms with Crippen LogP contribution in [0.3, 0.4) is 0 Å². The third-order valence-corrected chi connectivity index (χ3v) is 3.08. The molecular weight excluding hydrogens is 160 g/mol. The highest BCUT2D eigenvalue weighted by Crippen LogP contribution is 2.39. The van der Waals surface area contributed by atoms with Gasteiger partial charge in [0.05, 0.1) is 5.69 Å². The molecule has 0 fully saturated rings. The van der Waals surface area contributed by atoms with Crippen LogP contribution >= 0.6 is 0 Å². The molecular formula is C11H12N2. The molecule has 0 saturated carbocycles. The molecule has 1 aromatic heterocycles. The molecule has 2 heteroatoms. The molecule has 2 aliphatic carbocycles. The number of rotatable bonds is 0. The smallest absolute Gasteiger partial charge is 0.0924 e. The summed E-state index contributed by atoms with van der Waals surface area (Å²) in [6.07, 6.45) is 8.14. The lowest BCUT2D eigenvalue weighted by atomic mass is 9.93. The summed E-state index contributed by atoms with van der Waals surface area (Å²) in [5.74, 6) is 0. The third-order valence-electron chi connectivity index (χ3n) is 3.08. The molecule has 0 aliphatic heterocycles. The summed E-state index contributed by atoms with van der Waals surface area (Å²) in [6, 6.07) is 2.11. The van der Waals surface area contributed by atoms with Gasteiger partial charge in [-0.1, -0.05) is 5.57 Å². The molecule has 0 N–H and O–H groups in total. The maximum atomic E-state index is 4.24. The highest BCUT2D eigenvalue weighted by Gasteiger charge is 2.24. The van der Waals surface area contributed by atoms with Crippen molar-refractivity contribution in [1.29, 1.82) is 0 Å². The SMILES string of the molecule is c1cc2c(nn1)C1=C(CCCC1)C2. The minimum absolute atomic E-state index is 1.14. The Balaban J connectivity index is 2.12. The first-order chi connectivity index (χ1) is 6.45. The van der Waals surface area contributed by atoms with Crippen molar-refractivity contribution in [2.45, 2.75) is 32.1 Å². The maximum Gasteiger partial charge on any atom is 0.0924 e. The maximum absolute atomic E-state index is 4.24. The first kappa shape index (κ1) is 7.25. The van der Waals surface area contributed by atoms with Crippen molar-refractivity contribution in [3.05, 3.63) is 29.1 Å². The van der Waals surface area contributed by atoms with Gasteiger partial charge >= 0.3 is 0 Å². The van der Waals surface area contributed by atoms with E-state index < -0.39 is 0 Å². The van der Waals surface area contributed by atoms with Crippen LogP contribution in [0.25, 0.3) is 5.57 Å². The van der Waals surface area contributed by atoms with E-state index in [2.05, 4.69) is 16.3 Å². The van der Waals surface area contributed by atoms with Crippen LogP contribution in [0.2, 0.25) is 0 Å². The van der Waals surface area contributed by atoms with Crippen LogP contribution in [0.5, 0.6) is 0 Å². The second-order valence-electron chi connectivity index (χ2n) is 3.87. The van der Waals surface area contributed by atoms with E-state index in [1.165, 1.54) is 42.5 Å². The summed E-state index contributed by atoms with van der Waals surface area (Å²) in [7, 11) is 0. The van der Waals surface area contributed by atoms with Crippen LogP contribution in [0.4, 0.5) is 0 Å². The average Bonchev–Trinajstić information content (AvgIpc) is 2.56. The molecule has 66 valence electrons. The van der Waals surface area contributed by atoms with Crippen LogP contribution in [0, 0.1) is 0 Å². The lowest BCUT2D eigenvalue weighted by Crippen LogP contribution is -1.95. The van der Waals surface area contributed by atoms with E-state index in [1.54, 1.807) is 11.8 Å². The standard InChI is InChI=1S/C11H12N2/c1-2-4-10-8(3-1)7-9-5-6-12-13-11(9)10/h5-6H,1-4,7H2. The summed E-state index contributed by atoms with van der Waals surface area (Å²) in [6.45, 7) is 0. The molecule has 13 heavy (non-hydrogen) atoms. The van der Waals surface area contributed by atoms with Gasteiger partial charge in [-0.2, -0.15) is 10.2 Å². The number of allylic oxidation sites excluding steroid dienone is 2. The molecule has 0 radical (unpaired) electrons. The first-order valence-electron chi connectivity index (χ1n) is 4.97. The Labute approximate surface area is 77.7 Å². The average molecular weight is 172 g/mol. The minimum atomic E-state index is 1.14. The van der Waals surface area contributed by atoms with Crippen molar-refractivity contribution >= 4 is 5.57 Å². The van der Waals surface area contributed by atoms with Gasteiger partial charge in [-0.25, -0.2) is 0 Å². The van der Waals surface area contributed by atoms with Gasteiger partial charge in [-0.15, -0.1) is 0 Å². The lowest BCUT2D eigenvalue weighted by Gasteiger charge is -2.12. The quantitative estimate of drug-likeness (QED) is 0.600. The topological polar surface area (TPSA) is 25.8 Å². The molecule has 0 amide bonds. The van der Waals surface area contributed by atoms with Crippen molar-refractivity contribution in [2.24, 2.45) is 0 Å². The fourth-order valence-corrected chi connectivity index (χ4v) is 2.43. The molecule has 2 aliphatic rings. The molecule has 0 bridgehead atoms. The molecule has 3 rings (SSSR count). The van der Waals surface area contributed by atoms with Gasteiger partial charge in [0.15, 0.2) is 0 Å². The second-order valence-corrected chi connectivity index (χ2v) is 3.87. The zero-order valence-corrected chi connectivity index (χ0v) is 7.58. The van der Waals surface area contributed by atoms with E-state index in [0.29, 0.717) is 0 Å². The van der Waals surface area contributed by atoms with Crippen LogP contribution in [-0.2, 0) is 6.42 Å². The molecule has 0 aromatic carbocycles. The molecule has 2 nitrogen and oxygen atoms in total. The van der Waals surface area contributed by atoms with Gasteiger partial charge in [-0.05, 0) is 49.3 Å². The number of nitrogens with zero attached hydrogens (tertiary/aromatic N) is 2. The largest absolute Gasteiger partial charge is 0.159 e. The van der Waals surface area contributed by atoms with Gasteiger partial charge in [0, 0.05) is 6.20 Å². The van der Waals surface area contributed by atoms with Gasteiger partial charge < -0.3 is 0 Å². The number of hydrogen-bond acceptors (Lipinski definition) is 2. The Hall–Kier alpha value is -1.18. The van der Waals surface area contributed by atoms with Crippen molar-refractivity contribution in [1.82, 2.24) is 10.2 Å². The van der Waals surface area contributed by atoms with Crippen LogP contribution in [0.15, 0.2) is 17.8 Å². The minimum Gasteiger partial charge on any atom is -0.159 e. The molecule has 0 spiro atoms. The highest BCUT2D eigenvalue weighted by molar-refractivity contribution is 5.74. The van der Waals surface area contributed by atoms with E-state index in [4.69, 9.17) is 0 Å². The molecule has 0 saturated heterocycles. The van der Waals surface area contributed by atoms with E-state index in [0.717, 1.165) is 6.42 Å². The van der Waals surface area contributed by atoms with E-state index >= 15 is 0 Å². The van der Waals surface area contributed by atoms with Gasteiger partial charge in [0.1, 0.15) is 0 Å². The van der Waals surface area contributed by atoms with Gasteiger partial charge in [0.2, 0.25) is 0 Å². The molecule has 1 aromatic rings. The van der Waals surface area contributed by atoms with Gasteiger partial charge in [-0.3, -0.25) is 0 Å². The van der Waals surface area contributed by atoms with Crippen LogP contribution in [0.1, 0.15) is 36.9 Å². The Morgan fingerprint density at radius 2 is 2.08 bits per heavy atom. The van der Waals surface area contributed by atoms with Crippen molar-refractivity contribution in [2.75, 3.05) is 0 Å². The monoisotopic (exact) mass is 172 g/mol. The normalized spacial score (nSPS) is 20.0. The Kier molecular flexibility index (Phi) is 1.48. The number of fused-ring (bicyclic) bond motifs is 2. The molecule has 0 unspecified atom stereocenters. The fraction of sp³-hybridized carbons (Fsp3) is 0.455. The zero-order chi connectivity index (χ0) is 8.67. The van der Waals surface area contributed by atoms with Gasteiger partial charge in [0.25, 0.3) is 0 Å². The predicted molar refractivity (Wildman–Crippen MR) is 51.1 cm³/mol. The number of aromatic nitrogens is 2. The summed E-state index contributed by atoms with van der Waals surface area (Å²) in [5.41, 5.74) is 5.72. The van der Waals surface area contributed by atoms with Crippen LogP contribution < -0.4 is 0 Å². The molecule has 1 heterocycles. The van der Waals surface area contributed by atoms with E-state index in [-0.39, 0.29) is 0 Å². The first-order valence-corrected chi connectivity index (χ1v) is 4.97. The number of hydrogen-bond donors (Lipinski definition) is 0. The van der Waals surface area contributed by atoms with Crippen molar-refractivity contribution in [3.63, 3.8) is 0 Å². The third kappa shape index (κ3) is 1.01. The summed E-state index contributed by atoms with van der Waals surface area (Å²) in [4.78, 5) is 0. The Morgan fingerprint density at radius 3 is 3.08 bits per heavy atom. The summed E-state index contributed by atoms with van der Waals surface area (Å²) in [5, 5.41) is 8.20. The Bertz CT molecular complexity index is 379. The van der Waals surface area contributed by atoms with E-state index in [9.17, 15) is 0 Å². The summed E-state index contributed by atoms with van der Waals surface area (Å²) < 4.78 is 0. The second kappa shape index (κ2) is 2.66. The zero-order valence-electron chi connectivity index (χ0n) is 7.58. The predicted octanol–water partition coefficient (Wildman–Crippen LogP) is 2.36. The van der Waals surface area contributed by atoms with Crippen molar-refractivity contribution < 1.29 is 0 Å². The highest BCUT2D eigenvalue weighted by atomic mass is 15.1. The summed E-state index contributed by atoms with van der Waals surface area (Å²) >= 11 is 0. The molecule has 0 atom stereocenters. The Morgan fingerprint density at radius 1 is 1.15 bits per heavy atom. The fourth-order valence-electron chi connectivity index (χ4n) is 2.43. The van der Waals surface area contributed by atoms with Crippen LogP contribution in [-0.4, -0.2) is 10.2 Å². The van der Waals surface area contributed by atoms with Crippen molar-refractivity contribution in [3.8, 4) is 0 Å². The lowest BCUT2D eigenvalue weighted by molar-refractivity contribution is 0.710. The van der Waals surface area contributed by atoms with E-state index in [1.807, 2.05) is 0 Å².